The first-order valence-corrected chi connectivity index (χ1v) is 11.3. The molecule has 4 aromatic rings. The number of benzene rings is 2. The summed E-state index contributed by atoms with van der Waals surface area (Å²) in [6.07, 6.45) is 0.0735. The van der Waals surface area contributed by atoms with E-state index < -0.39 is 23.9 Å². The summed E-state index contributed by atoms with van der Waals surface area (Å²) < 4.78 is 42.9. The van der Waals surface area contributed by atoms with E-state index in [0.717, 1.165) is 12.1 Å². The Morgan fingerprint density at radius 1 is 1.08 bits per heavy atom. The Morgan fingerprint density at radius 2 is 1.78 bits per heavy atom. The zero-order valence-electron chi connectivity index (χ0n) is 19.5. The van der Waals surface area contributed by atoms with Gasteiger partial charge in [-0.05, 0) is 56.7 Å². The van der Waals surface area contributed by atoms with E-state index in [1.54, 1.807) is 51.4 Å². The molecule has 36 heavy (non-hydrogen) atoms. The average Bonchev–Trinajstić information content (AvgIpc) is 2.84. The summed E-state index contributed by atoms with van der Waals surface area (Å²) in [5.41, 5.74) is 0.796. The first-order chi connectivity index (χ1) is 17.0. The molecule has 0 aliphatic carbocycles. The summed E-state index contributed by atoms with van der Waals surface area (Å²) >= 11 is 6.51. The topological polar surface area (TPSA) is 94.7 Å². The van der Waals surface area contributed by atoms with Crippen LogP contribution in [0.2, 0.25) is 5.02 Å². The van der Waals surface area contributed by atoms with Crippen molar-refractivity contribution in [2.24, 2.45) is 0 Å². The van der Waals surface area contributed by atoms with Crippen LogP contribution in [0.1, 0.15) is 42.5 Å². The summed E-state index contributed by atoms with van der Waals surface area (Å²) in [4.78, 5) is 12.9. The Bertz CT molecular complexity index is 1480. The van der Waals surface area contributed by atoms with Crippen LogP contribution < -0.4 is 5.32 Å². The van der Waals surface area contributed by atoms with E-state index in [4.69, 9.17) is 16.9 Å². The molecule has 6 nitrogen and oxygen atoms in total. The third-order valence-electron chi connectivity index (χ3n) is 5.64. The number of aryl methyl sites for hydroxylation is 1. The molecule has 10 heteroatoms. The van der Waals surface area contributed by atoms with Crippen molar-refractivity contribution in [3.63, 3.8) is 0 Å². The number of aliphatic hydroxyl groups is 1. The molecule has 1 atom stereocenters. The van der Waals surface area contributed by atoms with Gasteiger partial charge in [0, 0.05) is 28.9 Å². The highest BCUT2D eigenvalue weighted by Gasteiger charge is 2.28. The van der Waals surface area contributed by atoms with Crippen LogP contribution in [0.25, 0.3) is 22.0 Å². The minimum atomic E-state index is -3.01. The summed E-state index contributed by atoms with van der Waals surface area (Å²) in [6.45, 7) is 4.78. The third-order valence-corrected chi connectivity index (χ3v) is 6.10. The van der Waals surface area contributed by atoms with Gasteiger partial charge in [-0.1, -0.05) is 17.7 Å². The molecule has 0 saturated heterocycles. The zero-order valence-corrected chi connectivity index (χ0v) is 20.3. The fourth-order valence-corrected chi connectivity index (χ4v) is 3.96. The largest absolute Gasteiger partial charge is 0.382 e. The number of hydrogen-bond donors (Lipinski definition) is 2. The van der Waals surface area contributed by atoms with Crippen molar-refractivity contribution >= 4 is 28.2 Å². The number of nitrogens with zero attached hydrogens (tertiary/aromatic N) is 4. The lowest BCUT2D eigenvalue weighted by Crippen LogP contribution is -2.21. The van der Waals surface area contributed by atoms with E-state index in [1.807, 2.05) is 6.07 Å². The minimum Gasteiger partial charge on any atom is -0.382 e. The average molecular weight is 512 g/mol. The first-order valence-electron chi connectivity index (χ1n) is 10.9. The van der Waals surface area contributed by atoms with E-state index in [1.165, 1.54) is 6.07 Å². The molecule has 0 aliphatic heterocycles. The van der Waals surface area contributed by atoms with Gasteiger partial charge in [0.05, 0.1) is 33.6 Å². The second-order valence-electron chi connectivity index (χ2n) is 8.78. The van der Waals surface area contributed by atoms with Gasteiger partial charge in [-0.3, -0.25) is 4.98 Å². The molecule has 0 fully saturated rings. The maximum Gasteiger partial charge on any atom is 0.262 e. The van der Waals surface area contributed by atoms with Crippen LogP contribution in [0, 0.1) is 24.1 Å². The normalized spacial score (nSPS) is 12.6. The van der Waals surface area contributed by atoms with Gasteiger partial charge in [-0.15, -0.1) is 0 Å². The second-order valence-corrected chi connectivity index (χ2v) is 9.16. The lowest BCUT2D eigenvalue weighted by Gasteiger charge is -2.23. The Labute approximate surface area is 210 Å². The van der Waals surface area contributed by atoms with Crippen molar-refractivity contribution in [2.75, 3.05) is 5.32 Å². The van der Waals surface area contributed by atoms with Crippen LogP contribution in [-0.2, 0) is 5.60 Å². The number of anilines is 1. The predicted octanol–water partition coefficient (Wildman–Crippen LogP) is 6.31. The van der Waals surface area contributed by atoms with Gasteiger partial charge in [-0.25, -0.2) is 23.1 Å². The number of fused-ring (bicyclic) bond motifs is 1. The molecule has 0 saturated carbocycles. The number of nitriles is 1. The highest BCUT2D eigenvalue weighted by molar-refractivity contribution is 6.35. The van der Waals surface area contributed by atoms with Crippen molar-refractivity contribution in [1.82, 2.24) is 15.0 Å². The molecule has 1 unspecified atom stereocenters. The number of rotatable bonds is 6. The highest BCUT2D eigenvalue weighted by atomic mass is 35.5. The van der Waals surface area contributed by atoms with Crippen molar-refractivity contribution in [1.29, 1.82) is 5.26 Å². The van der Waals surface area contributed by atoms with Crippen molar-refractivity contribution in [3.8, 4) is 17.2 Å². The molecule has 2 aromatic heterocycles. The second kappa shape index (κ2) is 9.72. The molecule has 0 radical (unpaired) electrons. The highest BCUT2D eigenvalue weighted by Crippen LogP contribution is 2.38. The fourth-order valence-electron chi connectivity index (χ4n) is 3.76. The number of nitrogens with one attached hydrogen (secondary N) is 1. The van der Waals surface area contributed by atoms with Gasteiger partial charge in [0.2, 0.25) is 0 Å². The Kier molecular flexibility index (Phi) is 6.85. The first kappa shape index (κ1) is 25.4. The fraction of sp³-hybridized carbons (Fsp3) is 0.231. The SMILES string of the molecule is Cc1nc2ccc(-c3cnc(C(C)(C)O)nc3)cc2c(NC(c2cc(C#N)ccc2F)C(F)F)c1Cl. The molecular weight excluding hydrogens is 491 g/mol. The molecular formula is C26H21ClF3N5O. The number of hydrogen-bond acceptors (Lipinski definition) is 6. The molecule has 2 heterocycles. The smallest absolute Gasteiger partial charge is 0.262 e. The maximum atomic E-state index is 14.6. The lowest BCUT2D eigenvalue weighted by atomic mass is 10.0. The number of aromatic nitrogens is 3. The van der Waals surface area contributed by atoms with Crippen LogP contribution in [0.3, 0.4) is 0 Å². The summed E-state index contributed by atoms with van der Waals surface area (Å²) in [7, 11) is 0. The zero-order chi connectivity index (χ0) is 26.2. The maximum absolute atomic E-state index is 14.6. The molecule has 2 aromatic carbocycles. The summed E-state index contributed by atoms with van der Waals surface area (Å²) in [6, 6.07) is 8.53. The number of halogens is 4. The number of pyridine rings is 1. The van der Waals surface area contributed by atoms with Crippen LogP contribution in [0.4, 0.5) is 18.9 Å². The van der Waals surface area contributed by atoms with Gasteiger partial charge in [0.25, 0.3) is 6.43 Å². The lowest BCUT2D eigenvalue weighted by molar-refractivity contribution is 0.0687. The third kappa shape index (κ3) is 4.96. The Balaban J connectivity index is 1.84. The standard InChI is InChI=1S/C26H21ClF3N5O/c1-13-21(27)22(35-23(24(29)30)17-8-14(10-31)4-6-19(17)28)18-9-15(5-7-20(18)34-13)16-11-32-25(33-12-16)26(2,3)36/h4-9,11-12,23-24,36H,1-3H3,(H,34,35). The molecule has 0 amide bonds. The van der Waals surface area contributed by atoms with E-state index in [-0.39, 0.29) is 27.7 Å². The Hall–Kier alpha value is -3.74. The van der Waals surface area contributed by atoms with E-state index in [9.17, 15) is 18.3 Å². The molecule has 2 N–H and O–H groups in total. The van der Waals surface area contributed by atoms with Gasteiger partial charge in [0.1, 0.15) is 17.5 Å². The van der Waals surface area contributed by atoms with E-state index >= 15 is 0 Å². The Morgan fingerprint density at radius 3 is 2.39 bits per heavy atom. The molecule has 0 spiro atoms. The van der Waals surface area contributed by atoms with Crippen LogP contribution in [-0.4, -0.2) is 26.5 Å². The van der Waals surface area contributed by atoms with Gasteiger partial charge >= 0.3 is 0 Å². The van der Waals surface area contributed by atoms with Crippen molar-refractivity contribution < 1.29 is 18.3 Å². The van der Waals surface area contributed by atoms with Gasteiger partial charge < -0.3 is 10.4 Å². The minimum absolute atomic E-state index is 0.0532. The molecule has 0 aliphatic rings. The van der Waals surface area contributed by atoms with Gasteiger partial charge in [0.15, 0.2) is 5.82 Å². The van der Waals surface area contributed by atoms with Crippen LogP contribution in [0.15, 0.2) is 48.8 Å². The molecule has 4 rings (SSSR count). The molecule has 0 bridgehead atoms. The molecule has 184 valence electrons. The van der Waals surface area contributed by atoms with Crippen LogP contribution >= 0.6 is 11.6 Å². The van der Waals surface area contributed by atoms with Crippen LogP contribution in [0.5, 0.6) is 0 Å². The predicted molar refractivity (Wildman–Crippen MR) is 131 cm³/mol. The summed E-state index contributed by atoms with van der Waals surface area (Å²) in [5, 5.41) is 22.5. The monoisotopic (exact) mass is 511 g/mol. The summed E-state index contributed by atoms with van der Waals surface area (Å²) in [5.74, 6) is -0.626. The van der Waals surface area contributed by atoms with Crippen molar-refractivity contribution in [3.05, 3.63) is 82.3 Å². The van der Waals surface area contributed by atoms with E-state index in [0.29, 0.717) is 27.7 Å². The van der Waals surface area contributed by atoms with Crippen molar-refractivity contribution in [2.45, 2.75) is 38.8 Å². The van der Waals surface area contributed by atoms with Gasteiger partial charge in [-0.2, -0.15) is 5.26 Å². The van der Waals surface area contributed by atoms with E-state index in [2.05, 4.69) is 20.3 Å². The number of alkyl halides is 2. The quantitative estimate of drug-likeness (QED) is 0.315.